The second-order valence-electron chi connectivity index (χ2n) is 3.88. The number of nitrogens with one attached hydrogen (secondary N) is 1. The van der Waals surface area contributed by atoms with E-state index in [-0.39, 0.29) is 17.6 Å². The van der Waals surface area contributed by atoms with Crippen molar-refractivity contribution in [1.82, 2.24) is 10.2 Å². The van der Waals surface area contributed by atoms with Crippen molar-refractivity contribution in [3.63, 3.8) is 0 Å². The molecule has 2 aromatic heterocycles. The molecule has 17 heavy (non-hydrogen) atoms. The fourth-order valence-corrected chi connectivity index (χ4v) is 2.32. The van der Waals surface area contributed by atoms with Crippen LogP contribution in [0.3, 0.4) is 0 Å². The van der Waals surface area contributed by atoms with Crippen LogP contribution in [0, 0.1) is 0 Å². The second kappa shape index (κ2) is 3.85. The van der Waals surface area contributed by atoms with Gasteiger partial charge in [-0.25, -0.2) is 0 Å². The summed E-state index contributed by atoms with van der Waals surface area (Å²) in [4.78, 5) is 11.7. The van der Waals surface area contributed by atoms with Crippen LogP contribution in [-0.2, 0) is 0 Å². The lowest BCUT2D eigenvalue weighted by Crippen LogP contribution is -2.10. The number of rotatable bonds is 3. The molecule has 0 spiro atoms. The molecule has 6 nitrogen and oxygen atoms in total. The maximum atomic E-state index is 11.7. The van der Waals surface area contributed by atoms with Crippen molar-refractivity contribution < 1.29 is 9.21 Å². The van der Waals surface area contributed by atoms with Gasteiger partial charge >= 0.3 is 0 Å². The van der Waals surface area contributed by atoms with Crippen LogP contribution in [0.2, 0.25) is 0 Å². The highest BCUT2D eigenvalue weighted by atomic mass is 32.1. The van der Waals surface area contributed by atoms with Gasteiger partial charge in [-0.2, -0.15) is 0 Å². The third-order valence-electron chi connectivity index (χ3n) is 2.44. The molecule has 3 rings (SSSR count). The molecule has 0 atom stereocenters. The Kier molecular flexibility index (Phi) is 2.32. The van der Waals surface area contributed by atoms with Gasteiger partial charge in [0.05, 0.1) is 0 Å². The monoisotopic (exact) mass is 250 g/mol. The number of hydrogen-bond acceptors (Lipinski definition) is 6. The third kappa shape index (κ3) is 2.14. The summed E-state index contributed by atoms with van der Waals surface area (Å²) < 4.78 is 5.01. The number of anilines is 2. The minimum absolute atomic E-state index is 0.172. The number of carbonyl (C=O) groups excluding carboxylic acids is 1. The van der Waals surface area contributed by atoms with Crippen LogP contribution < -0.4 is 11.1 Å². The molecule has 0 unspecified atom stereocenters. The van der Waals surface area contributed by atoms with E-state index < -0.39 is 0 Å². The summed E-state index contributed by atoms with van der Waals surface area (Å²) in [5, 5.41) is 12.1. The smallest absolute Gasteiger partial charge is 0.293 e. The van der Waals surface area contributed by atoms with Gasteiger partial charge in [0.15, 0.2) is 11.6 Å². The first kappa shape index (κ1) is 10.3. The molecule has 0 aromatic carbocycles. The standard InChI is InChI=1S/C10H10N4O2S/c11-7-4-3-6(16-7)8(15)12-10-14-13-9(17-10)5-1-2-5/h3-5H,1-2,11H2,(H,12,14,15). The number of carbonyl (C=O) groups is 1. The molecule has 88 valence electrons. The summed E-state index contributed by atoms with van der Waals surface area (Å²) in [5.41, 5.74) is 5.39. The Balaban J connectivity index is 1.71. The fourth-order valence-electron chi connectivity index (χ4n) is 1.41. The molecule has 3 N–H and O–H groups in total. The van der Waals surface area contributed by atoms with Gasteiger partial charge in [-0.05, 0) is 18.9 Å². The van der Waals surface area contributed by atoms with Crippen LogP contribution in [0.25, 0.3) is 0 Å². The van der Waals surface area contributed by atoms with Gasteiger partial charge in [0.2, 0.25) is 5.13 Å². The summed E-state index contributed by atoms with van der Waals surface area (Å²) in [6.07, 6.45) is 2.33. The van der Waals surface area contributed by atoms with Crippen molar-refractivity contribution in [1.29, 1.82) is 0 Å². The minimum atomic E-state index is -0.361. The first-order valence-corrected chi connectivity index (χ1v) is 6.04. The number of aromatic nitrogens is 2. The number of furan rings is 1. The lowest BCUT2D eigenvalue weighted by atomic mass is 10.4. The number of amides is 1. The van der Waals surface area contributed by atoms with E-state index in [1.165, 1.54) is 23.5 Å². The summed E-state index contributed by atoms with van der Waals surface area (Å²) in [6.45, 7) is 0. The lowest BCUT2D eigenvalue weighted by molar-refractivity contribution is 0.0997. The summed E-state index contributed by atoms with van der Waals surface area (Å²) in [7, 11) is 0. The van der Waals surface area contributed by atoms with E-state index in [9.17, 15) is 4.79 Å². The molecule has 0 bridgehead atoms. The van der Waals surface area contributed by atoms with Gasteiger partial charge in [-0.1, -0.05) is 11.3 Å². The van der Waals surface area contributed by atoms with Crippen molar-refractivity contribution in [2.75, 3.05) is 11.1 Å². The van der Waals surface area contributed by atoms with Gasteiger partial charge in [-0.15, -0.1) is 10.2 Å². The molecule has 7 heteroatoms. The quantitative estimate of drug-likeness (QED) is 0.866. The molecule has 2 aromatic rings. The summed E-state index contributed by atoms with van der Waals surface area (Å²) in [6, 6.07) is 3.05. The van der Waals surface area contributed by atoms with Crippen LogP contribution >= 0.6 is 11.3 Å². The molecule has 2 heterocycles. The van der Waals surface area contributed by atoms with Gasteiger partial charge < -0.3 is 10.2 Å². The average molecular weight is 250 g/mol. The highest BCUT2D eigenvalue weighted by Crippen LogP contribution is 2.42. The van der Waals surface area contributed by atoms with Crippen molar-refractivity contribution >= 4 is 28.3 Å². The Morgan fingerprint density at radius 2 is 2.29 bits per heavy atom. The largest absolute Gasteiger partial charge is 0.436 e. The Morgan fingerprint density at radius 1 is 1.47 bits per heavy atom. The zero-order chi connectivity index (χ0) is 11.8. The predicted molar refractivity (Wildman–Crippen MR) is 63.0 cm³/mol. The molecule has 0 radical (unpaired) electrons. The second-order valence-corrected chi connectivity index (χ2v) is 4.88. The molecule has 1 aliphatic rings. The van der Waals surface area contributed by atoms with E-state index in [1.54, 1.807) is 0 Å². The Labute approximate surface area is 101 Å². The first-order chi connectivity index (χ1) is 8.22. The fraction of sp³-hybridized carbons (Fsp3) is 0.300. The third-order valence-corrected chi connectivity index (χ3v) is 3.44. The van der Waals surface area contributed by atoms with Crippen molar-refractivity contribution in [2.24, 2.45) is 0 Å². The van der Waals surface area contributed by atoms with Gasteiger partial charge in [0, 0.05) is 12.0 Å². The van der Waals surface area contributed by atoms with E-state index in [2.05, 4.69) is 15.5 Å². The minimum Gasteiger partial charge on any atom is -0.436 e. The zero-order valence-electron chi connectivity index (χ0n) is 8.84. The topological polar surface area (TPSA) is 94.0 Å². The first-order valence-electron chi connectivity index (χ1n) is 5.22. The molecule has 0 aliphatic heterocycles. The van der Waals surface area contributed by atoms with Crippen LogP contribution in [0.4, 0.5) is 11.0 Å². The van der Waals surface area contributed by atoms with Crippen LogP contribution in [-0.4, -0.2) is 16.1 Å². The molecular weight excluding hydrogens is 240 g/mol. The molecule has 1 fully saturated rings. The van der Waals surface area contributed by atoms with Gasteiger partial charge in [0.25, 0.3) is 5.91 Å². The van der Waals surface area contributed by atoms with Crippen molar-refractivity contribution in [3.8, 4) is 0 Å². The van der Waals surface area contributed by atoms with Crippen molar-refractivity contribution in [3.05, 3.63) is 22.9 Å². The average Bonchev–Trinajstić information content (AvgIpc) is 2.90. The van der Waals surface area contributed by atoms with E-state index in [0.717, 1.165) is 17.8 Å². The normalized spacial score (nSPS) is 14.8. The summed E-state index contributed by atoms with van der Waals surface area (Å²) in [5.74, 6) is 0.564. The predicted octanol–water partition coefficient (Wildman–Crippen LogP) is 1.84. The maximum Gasteiger partial charge on any atom is 0.293 e. The van der Waals surface area contributed by atoms with E-state index in [4.69, 9.17) is 10.2 Å². The van der Waals surface area contributed by atoms with Gasteiger partial charge in [0.1, 0.15) is 5.01 Å². The van der Waals surface area contributed by atoms with E-state index in [0.29, 0.717) is 11.0 Å². The lowest BCUT2D eigenvalue weighted by Gasteiger charge is -1.95. The molecule has 0 saturated heterocycles. The Bertz CT molecular complexity index is 558. The Hall–Kier alpha value is -1.89. The van der Waals surface area contributed by atoms with E-state index >= 15 is 0 Å². The van der Waals surface area contributed by atoms with Crippen molar-refractivity contribution in [2.45, 2.75) is 18.8 Å². The number of hydrogen-bond donors (Lipinski definition) is 2. The van der Waals surface area contributed by atoms with Crippen LogP contribution in [0.5, 0.6) is 0 Å². The molecule has 1 aliphatic carbocycles. The van der Waals surface area contributed by atoms with Crippen LogP contribution in [0.1, 0.15) is 34.3 Å². The van der Waals surface area contributed by atoms with Gasteiger partial charge in [-0.3, -0.25) is 10.1 Å². The summed E-state index contributed by atoms with van der Waals surface area (Å²) >= 11 is 1.41. The SMILES string of the molecule is Nc1ccc(C(=O)Nc2nnc(C3CC3)s2)o1. The van der Waals surface area contributed by atoms with E-state index in [1.807, 2.05) is 0 Å². The Morgan fingerprint density at radius 3 is 2.94 bits per heavy atom. The number of nitrogens with two attached hydrogens (primary N) is 1. The number of nitrogens with zero attached hydrogens (tertiary/aromatic N) is 2. The zero-order valence-corrected chi connectivity index (χ0v) is 9.66. The highest BCUT2D eigenvalue weighted by Gasteiger charge is 2.27. The number of nitrogen functional groups attached to an aromatic ring is 1. The molecule has 1 amide bonds. The maximum absolute atomic E-state index is 11.7. The van der Waals surface area contributed by atoms with Crippen LogP contribution in [0.15, 0.2) is 16.5 Å². The molecular formula is C10H10N4O2S. The highest BCUT2D eigenvalue weighted by molar-refractivity contribution is 7.15. The molecule has 1 saturated carbocycles.